The minimum absolute atomic E-state index is 0.0797. The molecule has 1 saturated heterocycles. The third-order valence-corrected chi connectivity index (χ3v) is 3.63. The molecule has 1 heterocycles. The van der Waals surface area contributed by atoms with Gasteiger partial charge < -0.3 is 10.1 Å². The van der Waals surface area contributed by atoms with E-state index >= 15 is 0 Å². The van der Waals surface area contributed by atoms with Gasteiger partial charge in [0, 0.05) is 18.7 Å². The van der Waals surface area contributed by atoms with Crippen molar-refractivity contribution in [3.05, 3.63) is 28.8 Å². The molecule has 1 N–H and O–H groups in total. The van der Waals surface area contributed by atoms with Crippen LogP contribution in [0.1, 0.15) is 32.6 Å². The molecular formula is C14H18ClF2NO. The third-order valence-electron chi connectivity index (χ3n) is 3.33. The highest BCUT2D eigenvalue weighted by molar-refractivity contribution is 6.33. The van der Waals surface area contributed by atoms with E-state index in [1.54, 1.807) is 0 Å². The van der Waals surface area contributed by atoms with E-state index < -0.39 is 11.6 Å². The van der Waals surface area contributed by atoms with E-state index in [9.17, 15) is 8.78 Å². The van der Waals surface area contributed by atoms with Gasteiger partial charge in [-0.3, -0.25) is 0 Å². The highest BCUT2D eigenvalue weighted by atomic mass is 35.5. The molecule has 1 aliphatic heterocycles. The molecule has 0 bridgehead atoms. The summed E-state index contributed by atoms with van der Waals surface area (Å²) >= 11 is 5.88. The Morgan fingerprint density at radius 2 is 2.21 bits per heavy atom. The minimum Gasteiger partial charge on any atom is -0.379 e. The van der Waals surface area contributed by atoms with Crippen LogP contribution in [0.4, 0.5) is 14.5 Å². The second-order valence-corrected chi connectivity index (χ2v) is 5.30. The maximum absolute atomic E-state index is 13.7. The Labute approximate surface area is 117 Å². The molecule has 0 spiro atoms. The van der Waals surface area contributed by atoms with Gasteiger partial charge in [-0.1, -0.05) is 24.9 Å². The number of halogens is 3. The first kappa shape index (κ1) is 14.5. The van der Waals surface area contributed by atoms with Crippen molar-refractivity contribution in [3.63, 3.8) is 0 Å². The summed E-state index contributed by atoms with van der Waals surface area (Å²) in [6.45, 7) is 2.76. The lowest BCUT2D eigenvalue weighted by Crippen LogP contribution is -2.34. The van der Waals surface area contributed by atoms with Crippen molar-refractivity contribution in [1.82, 2.24) is 0 Å². The Morgan fingerprint density at radius 3 is 2.89 bits per heavy atom. The fourth-order valence-electron chi connectivity index (χ4n) is 2.42. The quantitative estimate of drug-likeness (QED) is 0.888. The van der Waals surface area contributed by atoms with Crippen molar-refractivity contribution < 1.29 is 13.5 Å². The lowest BCUT2D eigenvalue weighted by Gasteiger charge is -2.31. The van der Waals surface area contributed by atoms with Gasteiger partial charge in [-0.2, -0.15) is 0 Å². The molecule has 1 aromatic carbocycles. The zero-order chi connectivity index (χ0) is 13.8. The maximum Gasteiger partial charge on any atom is 0.150 e. The predicted octanol–water partition coefficient (Wildman–Crippen LogP) is 4.38. The summed E-state index contributed by atoms with van der Waals surface area (Å²) in [4.78, 5) is 0. The summed E-state index contributed by atoms with van der Waals surface area (Å²) in [5.41, 5.74) is 0.185. The first-order chi connectivity index (χ1) is 9.10. The average Bonchev–Trinajstić information content (AvgIpc) is 2.35. The summed E-state index contributed by atoms with van der Waals surface area (Å²) in [7, 11) is 0. The molecular weight excluding hydrogens is 272 g/mol. The van der Waals surface area contributed by atoms with Crippen LogP contribution in [0.3, 0.4) is 0 Å². The van der Waals surface area contributed by atoms with E-state index in [2.05, 4.69) is 12.2 Å². The molecule has 2 rings (SSSR count). The number of anilines is 1. The van der Waals surface area contributed by atoms with Gasteiger partial charge in [0.25, 0.3) is 0 Å². The monoisotopic (exact) mass is 289 g/mol. The van der Waals surface area contributed by atoms with Gasteiger partial charge in [-0.25, -0.2) is 8.78 Å². The van der Waals surface area contributed by atoms with Gasteiger partial charge in [0.2, 0.25) is 0 Å². The molecule has 0 aromatic heterocycles. The van der Waals surface area contributed by atoms with Crippen molar-refractivity contribution in [2.24, 2.45) is 0 Å². The van der Waals surface area contributed by atoms with Crippen LogP contribution in [0.5, 0.6) is 0 Å². The SMILES string of the molecule is CCCC1CC(Nc2c(F)cc(F)cc2Cl)CCO1. The largest absolute Gasteiger partial charge is 0.379 e. The molecule has 0 aliphatic carbocycles. The van der Waals surface area contributed by atoms with Crippen LogP contribution in [0, 0.1) is 11.6 Å². The zero-order valence-corrected chi connectivity index (χ0v) is 11.6. The minimum atomic E-state index is -0.663. The van der Waals surface area contributed by atoms with Gasteiger partial charge in [0.05, 0.1) is 16.8 Å². The van der Waals surface area contributed by atoms with Crippen LogP contribution in [0.15, 0.2) is 12.1 Å². The Balaban J connectivity index is 2.04. The van der Waals surface area contributed by atoms with Gasteiger partial charge in [-0.15, -0.1) is 0 Å². The summed E-state index contributed by atoms with van der Waals surface area (Å²) in [5, 5.41) is 3.16. The van der Waals surface area contributed by atoms with Crippen LogP contribution in [0.2, 0.25) is 5.02 Å². The van der Waals surface area contributed by atoms with Gasteiger partial charge in [-0.05, 0) is 25.3 Å². The Bertz CT molecular complexity index is 416. The predicted molar refractivity (Wildman–Crippen MR) is 72.7 cm³/mol. The summed E-state index contributed by atoms with van der Waals surface area (Å²) in [6.07, 6.45) is 3.88. The maximum atomic E-state index is 13.7. The first-order valence-electron chi connectivity index (χ1n) is 6.62. The van der Waals surface area contributed by atoms with Crippen LogP contribution < -0.4 is 5.32 Å². The molecule has 2 nitrogen and oxygen atoms in total. The smallest absolute Gasteiger partial charge is 0.150 e. The van der Waals surface area contributed by atoms with Crippen LogP contribution in [-0.4, -0.2) is 18.8 Å². The molecule has 106 valence electrons. The number of benzene rings is 1. The Morgan fingerprint density at radius 1 is 1.42 bits per heavy atom. The lowest BCUT2D eigenvalue weighted by molar-refractivity contribution is 0.00593. The topological polar surface area (TPSA) is 21.3 Å². The van der Waals surface area contributed by atoms with E-state index in [-0.39, 0.29) is 22.9 Å². The molecule has 0 saturated carbocycles. The van der Waals surface area contributed by atoms with Crippen molar-refractivity contribution in [3.8, 4) is 0 Å². The second-order valence-electron chi connectivity index (χ2n) is 4.89. The molecule has 0 radical (unpaired) electrons. The normalized spacial score (nSPS) is 23.4. The lowest BCUT2D eigenvalue weighted by atomic mass is 10.00. The number of rotatable bonds is 4. The first-order valence-corrected chi connectivity index (χ1v) is 7.00. The summed E-state index contributed by atoms with van der Waals surface area (Å²) in [6, 6.07) is 2.08. The van der Waals surface area contributed by atoms with Gasteiger partial charge in [0.1, 0.15) is 5.82 Å². The Hall–Kier alpha value is -0.870. The van der Waals surface area contributed by atoms with E-state index in [0.29, 0.717) is 6.61 Å². The highest BCUT2D eigenvalue weighted by Crippen LogP contribution is 2.29. The number of nitrogens with one attached hydrogen (secondary N) is 1. The second kappa shape index (κ2) is 6.53. The van der Waals surface area contributed by atoms with Crippen molar-refractivity contribution in [2.75, 3.05) is 11.9 Å². The molecule has 0 amide bonds. The van der Waals surface area contributed by atoms with E-state index in [0.717, 1.165) is 37.8 Å². The van der Waals surface area contributed by atoms with Crippen molar-refractivity contribution in [2.45, 2.75) is 44.8 Å². The molecule has 2 atom stereocenters. The molecule has 19 heavy (non-hydrogen) atoms. The third kappa shape index (κ3) is 3.80. The van der Waals surface area contributed by atoms with Gasteiger partial charge >= 0.3 is 0 Å². The standard InChI is InChI=1S/C14H18ClF2NO/c1-2-3-11-8-10(4-5-19-11)18-14-12(15)6-9(16)7-13(14)17/h6-7,10-11,18H,2-5,8H2,1H3. The fourth-order valence-corrected chi connectivity index (χ4v) is 2.67. The summed E-state index contributed by atoms with van der Waals surface area (Å²) < 4.78 is 32.3. The molecule has 2 unspecified atom stereocenters. The summed E-state index contributed by atoms with van der Waals surface area (Å²) in [5.74, 6) is -1.31. The molecule has 1 aliphatic rings. The van der Waals surface area contributed by atoms with E-state index in [1.807, 2.05) is 0 Å². The van der Waals surface area contributed by atoms with Gasteiger partial charge in [0.15, 0.2) is 5.82 Å². The zero-order valence-electron chi connectivity index (χ0n) is 10.9. The van der Waals surface area contributed by atoms with Crippen molar-refractivity contribution in [1.29, 1.82) is 0 Å². The molecule has 1 fully saturated rings. The average molecular weight is 290 g/mol. The van der Waals surface area contributed by atoms with Crippen molar-refractivity contribution >= 4 is 17.3 Å². The highest BCUT2D eigenvalue weighted by Gasteiger charge is 2.23. The van der Waals surface area contributed by atoms with E-state index in [4.69, 9.17) is 16.3 Å². The fraction of sp³-hybridized carbons (Fsp3) is 0.571. The van der Waals surface area contributed by atoms with Crippen LogP contribution in [0.25, 0.3) is 0 Å². The van der Waals surface area contributed by atoms with E-state index in [1.165, 1.54) is 0 Å². The van der Waals surface area contributed by atoms with Crippen LogP contribution >= 0.6 is 11.6 Å². The number of ether oxygens (including phenoxy) is 1. The molecule has 1 aromatic rings. The Kier molecular flexibility index (Phi) is 4.99. The van der Waals surface area contributed by atoms with Crippen LogP contribution in [-0.2, 0) is 4.74 Å². The number of hydrogen-bond donors (Lipinski definition) is 1. The number of hydrogen-bond acceptors (Lipinski definition) is 2. The molecule has 5 heteroatoms.